The third-order valence-electron chi connectivity index (χ3n) is 6.59. The molecule has 2 aliphatic rings. The largest absolute Gasteiger partial charge is 0.507 e. The molecule has 1 saturated carbocycles. The SMILES string of the molecule is Cc1c(C)c2ccc(O)c(CN3C[C@@]4(C)C[C@H]3CC(C)(C)C4)c2oc1=O. The molecule has 4 heteroatoms. The van der Waals surface area contributed by atoms with E-state index in [2.05, 4.69) is 25.7 Å². The van der Waals surface area contributed by atoms with Gasteiger partial charge in [0.25, 0.3) is 0 Å². The fourth-order valence-electron chi connectivity index (χ4n) is 5.67. The van der Waals surface area contributed by atoms with E-state index in [0.717, 1.165) is 23.1 Å². The topological polar surface area (TPSA) is 53.7 Å². The molecule has 4 rings (SSSR count). The van der Waals surface area contributed by atoms with Crippen LogP contribution in [-0.4, -0.2) is 22.6 Å². The lowest BCUT2D eigenvalue weighted by atomic mass is 9.65. The van der Waals surface area contributed by atoms with Gasteiger partial charge in [-0.05, 0) is 61.6 Å². The number of rotatable bonds is 2. The van der Waals surface area contributed by atoms with Crippen LogP contribution >= 0.6 is 0 Å². The minimum Gasteiger partial charge on any atom is -0.507 e. The van der Waals surface area contributed by atoms with Crippen LogP contribution in [0.25, 0.3) is 11.0 Å². The number of phenols is 1. The van der Waals surface area contributed by atoms with Crippen molar-refractivity contribution in [3.05, 3.63) is 39.2 Å². The highest BCUT2D eigenvalue weighted by Gasteiger charge is 2.49. The number of aryl methyl sites for hydroxylation is 1. The third-order valence-corrected chi connectivity index (χ3v) is 6.59. The van der Waals surface area contributed by atoms with Crippen LogP contribution in [-0.2, 0) is 6.54 Å². The van der Waals surface area contributed by atoms with Crippen molar-refractivity contribution < 1.29 is 9.52 Å². The first-order valence-corrected chi connectivity index (χ1v) is 9.58. The molecule has 1 aliphatic carbocycles. The molecule has 1 N–H and O–H groups in total. The number of nitrogens with zero attached hydrogens (tertiary/aromatic N) is 1. The van der Waals surface area contributed by atoms with Crippen LogP contribution in [0.4, 0.5) is 0 Å². The van der Waals surface area contributed by atoms with Crippen LogP contribution in [0.3, 0.4) is 0 Å². The number of likely N-dealkylation sites (tertiary alicyclic amines) is 1. The van der Waals surface area contributed by atoms with E-state index in [-0.39, 0.29) is 11.4 Å². The molecule has 1 aromatic heterocycles. The van der Waals surface area contributed by atoms with Gasteiger partial charge in [0.15, 0.2) is 0 Å². The Bertz CT molecular complexity index is 943. The first-order valence-electron chi connectivity index (χ1n) is 9.58. The second-order valence-electron chi connectivity index (χ2n) is 9.70. The Balaban J connectivity index is 1.77. The Morgan fingerprint density at radius 2 is 1.92 bits per heavy atom. The highest BCUT2D eigenvalue weighted by atomic mass is 16.4. The number of benzene rings is 1. The van der Waals surface area contributed by atoms with Crippen molar-refractivity contribution in [1.29, 1.82) is 0 Å². The monoisotopic (exact) mass is 355 g/mol. The Kier molecular flexibility index (Phi) is 3.78. The summed E-state index contributed by atoms with van der Waals surface area (Å²) < 4.78 is 5.63. The van der Waals surface area contributed by atoms with Crippen molar-refractivity contribution in [3.63, 3.8) is 0 Å². The highest BCUT2D eigenvalue weighted by Crippen LogP contribution is 2.53. The summed E-state index contributed by atoms with van der Waals surface area (Å²) in [4.78, 5) is 14.7. The molecule has 2 aromatic rings. The molecule has 0 radical (unpaired) electrons. The van der Waals surface area contributed by atoms with Gasteiger partial charge < -0.3 is 9.52 Å². The predicted molar refractivity (Wildman–Crippen MR) is 104 cm³/mol. The molecular formula is C22H29NO3. The van der Waals surface area contributed by atoms with Crippen molar-refractivity contribution in [1.82, 2.24) is 4.90 Å². The Hall–Kier alpha value is -1.81. The molecular weight excluding hydrogens is 326 g/mol. The zero-order valence-corrected chi connectivity index (χ0v) is 16.5. The Morgan fingerprint density at radius 1 is 1.19 bits per heavy atom. The smallest absolute Gasteiger partial charge is 0.339 e. The van der Waals surface area contributed by atoms with Gasteiger partial charge >= 0.3 is 5.63 Å². The fourth-order valence-corrected chi connectivity index (χ4v) is 5.67. The van der Waals surface area contributed by atoms with E-state index in [1.165, 1.54) is 19.3 Å². The Labute approximate surface area is 154 Å². The van der Waals surface area contributed by atoms with E-state index in [1.807, 2.05) is 13.0 Å². The summed E-state index contributed by atoms with van der Waals surface area (Å²) in [5, 5.41) is 11.5. The maximum atomic E-state index is 12.2. The van der Waals surface area contributed by atoms with Gasteiger partial charge in [0.05, 0.1) is 5.56 Å². The van der Waals surface area contributed by atoms with Gasteiger partial charge in [-0.3, -0.25) is 4.90 Å². The lowest BCUT2D eigenvalue weighted by Crippen LogP contribution is -2.34. The van der Waals surface area contributed by atoms with Crippen molar-refractivity contribution >= 4 is 11.0 Å². The van der Waals surface area contributed by atoms with Crippen LogP contribution < -0.4 is 5.63 Å². The standard InChI is InChI=1S/C22H29NO3/c1-13-14(2)20(25)26-19-16(13)6-7-18(24)17(19)10-23-12-22(5)9-15(23)8-21(3,4)11-22/h6-7,15,24H,8-12H2,1-5H3/t15-,22+/m1/s1. The molecule has 140 valence electrons. The van der Waals surface area contributed by atoms with E-state index in [0.29, 0.717) is 34.6 Å². The minimum absolute atomic E-state index is 0.217. The number of aromatic hydroxyl groups is 1. The summed E-state index contributed by atoms with van der Waals surface area (Å²) >= 11 is 0. The molecule has 26 heavy (non-hydrogen) atoms. The number of phenolic OH excluding ortho intramolecular Hbond substituents is 1. The van der Waals surface area contributed by atoms with Gasteiger partial charge in [-0.2, -0.15) is 0 Å². The van der Waals surface area contributed by atoms with Crippen LogP contribution in [0.2, 0.25) is 0 Å². The van der Waals surface area contributed by atoms with Crippen LogP contribution in [0.1, 0.15) is 56.7 Å². The predicted octanol–water partition coefficient (Wildman–Crippen LogP) is 4.52. The van der Waals surface area contributed by atoms with Crippen molar-refractivity contribution in [2.24, 2.45) is 10.8 Å². The van der Waals surface area contributed by atoms with Crippen LogP contribution in [0.5, 0.6) is 5.75 Å². The molecule has 2 heterocycles. The van der Waals surface area contributed by atoms with Gasteiger partial charge in [-0.25, -0.2) is 4.79 Å². The molecule has 0 amide bonds. The number of hydrogen-bond donors (Lipinski definition) is 1. The first-order chi connectivity index (χ1) is 12.1. The van der Waals surface area contributed by atoms with Gasteiger partial charge in [0.2, 0.25) is 0 Å². The molecule has 1 aliphatic heterocycles. The van der Waals surface area contributed by atoms with E-state index in [1.54, 1.807) is 13.0 Å². The van der Waals surface area contributed by atoms with Crippen molar-refractivity contribution in [2.75, 3.05) is 6.54 Å². The van der Waals surface area contributed by atoms with E-state index < -0.39 is 0 Å². The quantitative estimate of drug-likeness (QED) is 0.805. The molecule has 1 aromatic carbocycles. The Morgan fingerprint density at radius 3 is 2.65 bits per heavy atom. The third kappa shape index (κ3) is 2.75. The van der Waals surface area contributed by atoms with Crippen LogP contribution in [0, 0.1) is 24.7 Å². The van der Waals surface area contributed by atoms with E-state index in [4.69, 9.17) is 4.42 Å². The highest BCUT2D eigenvalue weighted by molar-refractivity contribution is 5.85. The molecule has 2 bridgehead atoms. The molecule has 2 fully saturated rings. The summed E-state index contributed by atoms with van der Waals surface area (Å²) in [6, 6.07) is 4.11. The molecule has 2 atom stereocenters. The summed E-state index contributed by atoms with van der Waals surface area (Å²) in [5.41, 5.74) is 3.25. The van der Waals surface area contributed by atoms with Crippen molar-refractivity contribution in [2.45, 2.75) is 66.5 Å². The number of hydrogen-bond acceptors (Lipinski definition) is 4. The normalized spacial score (nSPS) is 28.0. The molecule has 1 saturated heterocycles. The second-order valence-corrected chi connectivity index (χ2v) is 9.70. The van der Waals surface area contributed by atoms with Gasteiger partial charge in [0, 0.05) is 30.1 Å². The molecule has 0 spiro atoms. The first kappa shape index (κ1) is 17.6. The van der Waals surface area contributed by atoms with Gasteiger partial charge in [0.1, 0.15) is 11.3 Å². The van der Waals surface area contributed by atoms with Gasteiger partial charge in [-0.1, -0.05) is 20.8 Å². The molecule has 0 unspecified atom stereocenters. The zero-order valence-electron chi connectivity index (χ0n) is 16.5. The maximum Gasteiger partial charge on any atom is 0.339 e. The van der Waals surface area contributed by atoms with Crippen LogP contribution in [0.15, 0.2) is 21.3 Å². The summed E-state index contributed by atoms with van der Waals surface area (Å²) in [6.07, 6.45) is 3.63. The fraction of sp³-hybridized carbons (Fsp3) is 0.591. The lowest BCUT2D eigenvalue weighted by molar-refractivity contribution is 0.126. The molecule has 4 nitrogen and oxygen atoms in total. The minimum atomic E-state index is -0.310. The average Bonchev–Trinajstić information content (AvgIpc) is 2.76. The maximum absolute atomic E-state index is 12.2. The second kappa shape index (κ2) is 5.59. The average molecular weight is 355 g/mol. The van der Waals surface area contributed by atoms with E-state index >= 15 is 0 Å². The lowest BCUT2D eigenvalue weighted by Gasteiger charge is -2.40. The summed E-state index contributed by atoms with van der Waals surface area (Å²) in [7, 11) is 0. The zero-order chi connectivity index (χ0) is 18.9. The summed E-state index contributed by atoms with van der Waals surface area (Å²) in [6.45, 7) is 12.5. The van der Waals surface area contributed by atoms with Crippen molar-refractivity contribution in [3.8, 4) is 5.75 Å². The summed E-state index contributed by atoms with van der Waals surface area (Å²) in [5.74, 6) is 0.217. The number of fused-ring (bicyclic) bond motifs is 3. The van der Waals surface area contributed by atoms with Gasteiger partial charge in [-0.15, -0.1) is 0 Å². The van der Waals surface area contributed by atoms with E-state index in [9.17, 15) is 9.90 Å².